The lowest BCUT2D eigenvalue weighted by Crippen LogP contribution is -2.44. The van der Waals surface area contributed by atoms with Crippen LogP contribution in [-0.2, 0) is 0 Å². The summed E-state index contributed by atoms with van der Waals surface area (Å²) in [6, 6.07) is 4.34. The molecule has 1 aliphatic rings. The zero-order valence-electron chi connectivity index (χ0n) is 11.1. The summed E-state index contributed by atoms with van der Waals surface area (Å²) >= 11 is 0. The Morgan fingerprint density at radius 3 is 2.17 bits per heavy atom. The minimum absolute atomic E-state index is 0.555. The molecular formula is C13H23N5. The van der Waals surface area contributed by atoms with Crippen molar-refractivity contribution in [3.05, 3.63) is 0 Å². The van der Waals surface area contributed by atoms with Gasteiger partial charge in [-0.25, -0.2) is 0 Å². The van der Waals surface area contributed by atoms with Crippen molar-refractivity contribution in [1.82, 2.24) is 15.1 Å². The van der Waals surface area contributed by atoms with Crippen molar-refractivity contribution < 1.29 is 0 Å². The first-order valence-electron chi connectivity index (χ1n) is 6.76. The molecule has 0 spiro atoms. The Hall–Kier alpha value is -1.14. The third-order valence-electron chi connectivity index (χ3n) is 3.24. The van der Waals surface area contributed by atoms with Crippen molar-refractivity contribution in [3.8, 4) is 12.1 Å². The summed E-state index contributed by atoms with van der Waals surface area (Å²) in [5, 5.41) is 20.6. The molecule has 5 heteroatoms. The molecule has 0 saturated carbocycles. The van der Waals surface area contributed by atoms with Gasteiger partial charge < -0.3 is 15.1 Å². The predicted molar refractivity (Wildman–Crippen MR) is 70.8 cm³/mol. The van der Waals surface area contributed by atoms with Gasteiger partial charge in [0.25, 0.3) is 0 Å². The van der Waals surface area contributed by atoms with E-state index in [-0.39, 0.29) is 0 Å². The molecule has 1 fully saturated rings. The quantitative estimate of drug-likeness (QED) is 0.675. The third-order valence-corrected chi connectivity index (χ3v) is 3.24. The molecule has 1 saturated heterocycles. The lowest BCUT2D eigenvalue weighted by molar-refractivity contribution is 0.213. The maximum absolute atomic E-state index is 8.61. The minimum atomic E-state index is 0.555. The highest BCUT2D eigenvalue weighted by Gasteiger charge is 2.10. The van der Waals surface area contributed by atoms with Crippen molar-refractivity contribution in [2.75, 3.05) is 52.4 Å². The van der Waals surface area contributed by atoms with Crippen molar-refractivity contribution >= 4 is 0 Å². The van der Waals surface area contributed by atoms with E-state index < -0.39 is 0 Å². The summed E-state index contributed by atoms with van der Waals surface area (Å²) < 4.78 is 0. The van der Waals surface area contributed by atoms with Crippen molar-refractivity contribution in [1.29, 1.82) is 10.5 Å². The van der Waals surface area contributed by atoms with Crippen LogP contribution in [0.25, 0.3) is 0 Å². The summed E-state index contributed by atoms with van der Waals surface area (Å²) in [6.45, 7) is 8.15. The standard InChI is InChI=1S/C13H23N5/c14-4-1-8-17(9-2-5-15)10-3-11-18-12-6-16-7-13-18/h16H,1-3,6-13H2. The van der Waals surface area contributed by atoms with E-state index >= 15 is 0 Å². The lowest BCUT2D eigenvalue weighted by atomic mass is 10.3. The largest absolute Gasteiger partial charge is 0.314 e. The van der Waals surface area contributed by atoms with E-state index in [0.717, 1.165) is 58.8 Å². The summed E-state index contributed by atoms with van der Waals surface area (Å²) in [5.74, 6) is 0. The van der Waals surface area contributed by atoms with Crippen LogP contribution >= 0.6 is 0 Å². The summed E-state index contributed by atoms with van der Waals surface area (Å²) in [6.07, 6.45) is 2.23. The monoisotopic (exact) mass is 249 g/mol. The molecule has 0 aliphatic carbocycles. The molecule has 0 aromatic heterocycles. The number of hydrogen-bond donors (Lipinski definition) is 1. The van der Waals surface area contributed by atoms with Crippen molar-refractivity contribution in [2.24, 2.45) is 0 Å². The molecule has 0 radical (unpaired) electrons. The Bertz CT molecular complexity index is 267. The Kier molecular flexibility index (Phi) is 8.16. The smallest absolute Gasteiger partial charge is 0.0635 e. The second-order valence-electron chi connectivity index (χ2n) is 4.60. The topological polar surface area (TPSA) is 66.1 Å². The Balaban J connectivity index is 2.14. The fraction of sp³-hybridized carbons (Fsp3) is 0.846. The van der Waals surface area contributed by atoms with Crippen LogP contribution < -0.4 is 5.32 Å². The Morgan fingerprint density at radius 1 is 1.00 bits per heavy atom. The van der Waals surface area contributed by atoms with Crippen LogP contribution in [0.15, 0.2) is 0 Å². The van der Waals surface area contributed by atoms with Gasteiger partial charge in [0.05, 0.1) is 12.1 Å². The molecule has 18 heavy (non-hydrogen) atoms. The predicted octanol–water partition coefficient (Wildman–Crippen LogP) is 0.411. The van der Waals surface area contributed by atoms with E-state index in [4.69, 9.17) is 10.5 Å². The number of nitrogens with zero attached hydrogens (tertiary/aromatic N) is 4. The number of rotatable bonds is 8. The van der Waals surface area contributed by atoms with Crippen LogP contribution in [0.5, 0.6) is 0 Å². The number of hydrogen-bond acceptors (Lipinski definition) is 5. The second-order valence-corrected chi connectivity index (χ2v) is 4.60. The molecule has 1 heterocycles. The van der Waals surface area contributed by atoms with Crippen LogP contribution in [0.3, 0.4) is 0 Å². The molecule has 100 valence electrons. The molecule has 0 atom stereocenters. The zero-order chi connectivity index (χ0) is 13.1. The summed E-state index contributed by atoms with van der Waals surface area (Å²) in [4.78, 5) is 4.71. The van der Waals surface area contributed by atoms with E-state index in [1.807, 2.05) is 0 Å². The molecule has 0 bridgehead atoms. The Labute approximate surface area is 110 Å². The van der Waals surface area contributed by atoms with Crippen molar-refractivity contribution in [3.63, 3.8) is 0 Å². The molecule has 0 unspecified atom stereocenters. The fourth-order valence-corrected chi connectivity index (χ4v) is 2.20. The first kappa shape index (κ1) is 14.9. The Morgan fingerprint density at radius 2 is 1.61 bits per heavy atom. The minimum Gasteiger partial charge on any atom is -0.314 e. The highest BCUT2D eigenvalue weighted by molar-refractivity contribution is 4.77. The molecule has 0 aromatic carbocycles. The van der Waals surface area contributed by atoms with Crippen LogP contribution in [-0.4, -0.2) is 62.2 Å². The number of nitriles is 2. The van der Waals surface area contributed by atoms with Gasteiger partial charge in [-0.1, -0.05) is 0 Å². The van der Waals surface area contributed by atoms with E-state index in [9.17, 15) is 0 Å². The highest BCUT2D eigenvalue weighted by atomic mass is 15.2. The third kappa shape index (κ3) is 6.56. The van der Waals surface area contributed by atoms with Gasteiger partial charge in [-0.3, -0.25) is 0 Å². The van der Waals surface area contributed by atoms with Crippen LogP contribution in [0.4, 0.5) is 0 Å². The molecule has 1 N–H and O–H groups in total. The highest BCUT2D eigenvalue weighted by Crippen LogP contribution is 1.99. The maximum atomic E-state index is 8.61. The van der Waals surface area contributed by atoms with Gasteiger partial charge in [-0.15, -0.1) is 0 Å². The van der Waals surface area contributed by atoms with Gasteiger partial charge in [0.2, 0.25) is 0 Å². The van der Waals surface area contributed by atoms with Gasteiger partial charge >= 0.3 is 0 Å². The van der Waals surface area contributed by atoms with Gasteiger partial charge in [0.1, 0.15) is 0 Å². The molecular weight excluding hydrogens is 226 g/mol. The number of nitrogens with one attached hydrogen (secondary N) is 1. The SMILES string of the molecule is N#CCCN(CCC#N)CCCN1CCNCC1. The number of piperazine rings is 1. The fourth-order valence-electron chi connectivity index (χ4n) is 2.20. The lowest BCUT2D eigenvalue weighted by Gasteiger charge is -2.28. The van der Waals surface area contributed by atoms with Gasteiger partial charge in [0, 0.05) is 52.1 Å². The van der Waals surface area contributed by atoms with E-state index in [1.54, 1.807) is 0 Å². The molecule has 0 amide bonds. The summed E-state index contributed by atoms with van der Waals surface area (Å²) in [5.41, 5.74) is 0. The van der Waals surface area contributed by atoms with E-state index in [2.05, 4.69) is 27.3 Å². The average Bonchev–Trinajstić information content (AvgIpc) is 2.42. The summed E-state index contributed by atoms with van der Waals surface area (Å²) in [7, 11) is 0. The molecule has 1 rings (SSSR count). The van der Waals surface area contributed by atoms with Crippen LogP contribution in [0, 0.1) is 22.7 Å². The van der Waals surface area contributed by atoms with Crippen LogP contribution in [0.1, 0.15) is 19.3 Å². The van der Waals surface area contributed by atoms with Crippen molar-refractivity contribution in [2.45, 2.75) is 19.3 Å². The van der Waals surface area contributed by atoms with Crippen LogP contribution in [0.2, 0.25) is 0 Å². The normalized spacial score (nSPS) is 16.4. The molecule has 0 aromatic rings. The molecule has 1 aliphatic heterocycles. The van der Waals surface area contributed by atoms with Gasteiger partial charge in [0.15, 0.2) is 0 Å². The maximum Gasteiger partial charge on any atom is 0.0635 e. The first-order valence-corrected chi connectivity index (χ1v) is 6.76. The zero-order valence-corrected chi connectivity index (χ0v) is 11.1. The van der Waals surface area contributed by atoms with Gasteiger partial charge in [-0.2, -0.15) is 10.5 Å². The second kappa shape index (κ2) is 9.85. The van der Waals surface area contributed by atoms with Gasteiger partial charge in [-0.05, 0) is 19.5 Å². The average molecular weight is 249 g/mol. The van der Waals surface area contributed by atoms with E-state index in [1.165, 1.54) is 0 Å². The molecule has 5 nitrogen and oxygen atoms in total. The first-order chi connectivity index (χ1) is 8.86. The van der Waals surface area contributed by atoms with E-state index in [0.29, 0.717) is 12.8 Å².